The highest BCUT2D eigenvalue weighted by Crippen LogP contribution is 2.96. The second kappa shape index (κ2) is 3.39. The highest BCUT2D eigenvalue weighted by molar-refractivity contribution is 6.01. The summed E-state index contributed by atoms with van der Waals surface area (Å²) in [7, 11) is 0. The molecular formula is C20H14O5. The van der Waals surface area contributed by atoms with Crippen molar-refractivity contribution >= 4 is 11.9 Å². The lowest BCUT2D eigenvalue weighted by atomic mass is 9.69. The van der Waals surface area contributed by atoms with Crippen LogP contribution in [0, 0.1) is 22.2 Å². The van der Waals surface area contributed by atoms with Crippen LogP contribution in [0.4, 0.5) is 0 Å². The van der Waals surface area contributed by atoms with Crippen molar-refractivity contribution in [3.63, 3.8) is 0 Å². The molecule has 0 amide bonds. The lowest BCUT2D eigenvalue weighted by Crippen LogP contribution is -2.28. The molecule has 25 heavy (non-hydrogen) atoms. The molecule has 1 saturated heterocycles. The first kappa shape index (κ1) is 12.8. The predicted molar refractivity (Wildman–Crippen MR) is 82.8 cm³/mol. The van der Waals surface area contributed by atoms with Gasteiger partial charge in [0.05, 0.1) is 23.5 Å². The number of hydrogen-bond acceptors (Lipinski definition) is 5. The number of esters is 2. The molecule has 0 unspecified atom stereocenters. The molecule has 124 valence electrons. The van der Waals surface area contributed by atoms with Gasteiger partial charge >= 0.3 is 11.9 Å². The Kier molecular flexibility index (Phi) is 1.73. The number of rotatable bonds is 1. The van der Waals surface area contributed by atoms with Crippen LogP contribution in [0.5, 0.6) is 0 Å². The van der Waals surface area contributed by atoms with Crippen LogP contribution in [0.15, 0.2) is 58.0 Å². The number of furan rings is 1. The Hall–Kier alpha value is -2.56. The average molecular weight is 334 g/mol. The van der Waals surface area contributed by atoms with E-state index in [1.807, 2.05) is 12.1 Å². The van der Waals surface area contributed by atoms with E-state index in [2.05, 4.69) is 12.2 Å². The third-order valence-corrected chi connectivity index (χ3v) is 7.68. The summed E-state index contributed by atoms with van der Waals surface area (Å²) in [5.41, 5.74) is 2.77. The zero-order valence-corrected chi connectivity index (χ0v) is 13.3. The number of cyclic esters (lactones) is 2. The molecule has 2 aliphatic heterocycles. The van der Waals surface area contributed by atoms with Gasteiger partial charge in [-0.2, -0.15) is 0 Å². The predicted octanol–water partition coefficient (Wildman–Crippen LogP) is 2.62. The summed E-state index contributed by atoms with van der Waals surface area (Å²) >= 11 is 0. The van der Waals surface area contributed by atoms with Gasteiger partial charge in [-0.05, 0) is 30.4 Å². The molecule has 5 atom stereocenters. The van der Waals surface area contributed by atoms with Gasteiger partial charge in [0.1, 0.15) is 6.61 Å². The van der Waals surface area contributed by atoms with Gasteiger partial charge < -0.3 is 13.9 Å². The maximum atomic E-state index is 12.5. The average Bonchev–Trinajstić information content (AvgIpc) is 3.20. The molecule has 8 rings (SSSR count). The second-order valence-corrected chi connectivity index (χ2v) is 8.11. The van der Waals surface area contributed by atoms with Crippen molar-refractivity contribution in [2.24, 2.45) is 22.2 Å². The van der Waals surface area contributed by atoms with E-state index in [1.54, 1.807) is 12.5 Å². The lowest BCUT2D eigenvalue weighted by Gasteiger charge is -2.31. The van der Waals surface area contributed by atoms with Gasteiger partial charge in [-0.1, -0.05) is 18.2 Å². The molecule has 3 heterocycles. The first-order valence-electron chi connectivity index (χ1n) is 8.71. The Bertz CT molecular complexity index is 995. The van der Waals surface area contributed by atoms with Crippen molar-refractivity contribution in [3.05, 3.63) is 59.1 Å². The Labute approximate surface area is 143 Å². The van der Waals surface area contributed by atoms with E-state index < -0.39 is 6.10 Å². The molecule has 1 aromatic heterocycles. The van der Waals surface area contributed by atoms with Crippen LogP contribution in [-0.4, -0.2) is 18.5 Å². The molecule has 0 radical (unpaired) electrons. The summed E-state index contributed by atoms with van der Waals surface area (Å²) < 4.78 is 16.5. The van der Waals surface area contributed by atoms with Crippen molar-refractivity contribution in [3.8, 4) is 0 Å². The standard InChI is InChI=1S/C20H14O5/c21-16-12-1-3-18-6-10-5-13-17(22)24-9-20(13,18)19(18,7-10)14(12)15(25-16)11-2-4-23-8-11/h1-5,8,10,15H,6-7,9H2/t10-,15-,18-,19-,20-/m1/s1. The number of carbonyl (C=O) groups is 2. The number of ether oxygens (including phenoxy) is 2. The van der Waals surface area contributed by atoms with E-state index in [0.717, 1.165) is 29.6 Å². The summed E-state index contributed by atoms with van der Waals surface area (Å²) in [5, 5.41) is 0. The van der Waals surface area contributed by atoms with Gasteiger partial charge in [0.2, 0.25) is 0 Å². The maximum absolute atomic E-state index is 12.5. The van der Waals surface area contributed by atoms with E-state index in [9.17, 15) is 9.59 Å². The molecule has 0 aromatic carbocycles. The number of carbonyl (C=O) groups excluding carboxylic acids is 2. The summed E-state index contributed by atoms with van der Waals surface area (Å²) in [5.74, 6) is -0.0970. The minimum absolute atomic E-state index is 0.101. The second-order valence-electron chi connectivity index (χ2n) is 8.11. The molecule has 7 aliphatic rings. The topological polar surface area (TPSA) is 65.7 Å². The zero-order valence-electron chi connectivity index (χ0n) is 13.3. The van der Waals surface area contributed by atoms with Crippen molar-refractivity contribution in [1.82, 2.24) is 0 Å². The molecule has 2 saturated carbocycles. The van der Waals surface area contributed by atoms with Crippen molar-refractivity contribution in [2.75, 3.05) is 6.61 Å². The SMILES string of the molecule is O=C1OC[C@@]23C1=C[C@@H]1C[C@@]24C=CC2=C([C@@H](c5ccoc5)OC2=O)[C@]43C1. The van der Waals surface area contributed by atoms with E-state index >= 15 is 0 Å². The smallest absolute Gasteiger partial charge is 0.339 e. The third-order valence-electron chi connectivity index (χ3n) is 7.68. The summed E-state index contributed by atoms with van der Waals surface area (Å²) in [6, 6.07) is 1.85. The van der Waals surface area contributed by atoms with Crippen LogP contribution in [0.3, 0.4) is 0 Å². The fourth-order valence-electron chi connectivity index (χ4n) is 7.08. The molecule has 5 heteroatoms. The normalized spacial score (nSPS) is 47.1. The van der Waals surface area contributed by atoms with Gasteiger partial charge in [-0.3, -0.25) is 0 Å². The Morgan fingerprint density at radius 2 is 2.04 bits per heavy atom. The summed E-state index contributed by atoms with van der Waals surface area (Å²) in [6.45, 7) is 0.414. The van der Waals surface area contributed by atoms with Gasteiger partial charge in [0, 0.05) is 22.0 Å². The van der Waals surface area contributed by atoms with Crippen LogP contribution in [-0.2, 0) is 19.1 Å². The van der Waals surface area contributed by atoms with E-state index in [0.29, 0.717) is 18.1 Å². The fourth-order valence-corrected chi connectivity index (χ4v) is 7.08. The van der Waals surface area contributed by atoms with Crippen LogP contribution in [0.2, 0.25) is 0 Å². The van der Waals surface area contributed by atoms with Gasteiger partial charge in [-0.15, -0.1) is 0 Å². The fraction of sp³-hybridized carbons (Fsp3) is 0.400. The zero-order chi connectivity index (χ0) is 16.6. The Morgan fingerprint density at radius 1 is 1.12 bits per heavy atom. The highest BCUT2D eigenvalue weighted by Gasteiger charge is 2.95. The first-order chi connectivity index (χ1) is 12.1. The third kappa shape index (κ3) is 0.969. The minimum atomic E-state index is -0.418. The lowest BCUT2D eigenvalue weighted by molar-refractivity contribution is -0.140. The van der Waals surface area contributed by atoms with Gasteiger partial charge in [0.15, 0.2) is 6.10 Å². The quantitative estimate of drug-likeness (QED) is 0.739. The summed E-state index contributed by atoms with van der Waals surface area (Å²) in [4.78, 5) is 24.9. The molecule has 1 aromatic rings. The molecule has 5 aliphatic carbocycles. The Morgan fingerprint density at radius 3 is 2.88 bits per heavy atom. The van der Waals surface area contributed by atoms with Crippen molar-refractivity contribution in [2.45, 2.75) is 18.9 Å². The van der Waals surface area contributed by atoms with Gasteiger partial charge in [0.25, 0.3) is 0 Å². The number of hydrogen-bond donors (Lipinski definition) is 0. The molecular weight excluding hydrogens is 320 g/mol. The van der Waals surface area contributed by atoms with Crippen molar-refractivity contribution in [1.29, 1.82) is 0 Å². The van der Waals surface area contributed by atoms with Crippen LogP contribution in [0.1, 0.15) is 24.5 Å². The molecule has 4 bridgehead atoms. The van der Waals surface area contributed by atoms with E-state index in [1.165, 1.54) is 0 Å². The molecule has 0 N–H and O–H groups in total. The largest absolute Gasteiger partial charge is 0.472 e. The van der Waals surface area contributed by atoms with Crippen LogP contribution < -0.4 is 0 Å². The van der Waals surface area contributed by atoms with Crippen molar-refractivity contribution < 1.29 is 23.5 Å². The van der Waals surface area contributed by atoms with Crippen LogP contribution in [0.25, 0.3) is 0 Å². The minimum Gasteiger partial charge on any atom is -0.472 e. The first-order valence-corrected chi connectivity index (χ1v) is 8.71. The number of allylic oxidation sites excluding steroid dienone is 2. The molecule has 3 fully saturated rings. The maximum Gasteiger partial charge on any atom is 0.339 e. The Balaban J connectivity index is 1.53. The highest BCUT2D eigenvalue weighted by atomic mass is 16.6. The molecule has 3 spiro atoms. The van der Waals surface area contributed by atoms with E-state index in [4.69, 9.17) is 13.9 Å². The van der Waals surface area contributed by atoms with E-state index in [-0.39, 0.29) is 28.2 Å². The monoisotopic (exact) mass is 334 g/mol. The van der Waals surface area contributed by atoms with Crippen LogP contribution >= 0.6 is 0 Å². The molecule has 5 nitrogen and oxygen atoms in total. The summed E-state index contributed by atoms with van der Waals surface area (Å²) in [6.07, 6.45) is 11.0. The van der Waals surface area contributed by atoms with Gasteiger partial charge in [-0.25, -0.2) is 9.59 Å².